The van der Waals surface area contributed by atoms with E-state index in [1.165, 1.54) is 11.1 Å². The SMILES string of the molecule is COc1cc2c(cc1OC)CN(Cc1nnc(-c3ccc(Cl)cc3)o1)CC2. The smallest absolute Gasteiger partial charge is 0.247 e. The van der Waals surface area contributed by atoms with Crippen LogP contribution in [0.4, 0.5) is 0 Å². The van der Waals surface area contributed by atoms with E-state index in [1.54, 1.807) is 14.2 Å². The maximum atomic E-state index is 5.92. The number of fused-ring (bicyclic) bond motifs is 1. The van der Waals surface area contributed by atoms with Gasteiger partial charge in [-0.15, -0.1) is 10.2 Å². The largest absolute Gasteiger partial charge is 0.493 e. The fourth-order valence-electron chi connectivity index (χ4n) is 3.29. The van der Waals surface area contributed by atoms with Crippen LogP contribution in [0.15, 0.2) is 40.8 Å². The Morgan fingerprint density at radius 1 is 1.04 bits per heavy atom. The molecule has 0 saturated heterocycles. The third-order valence-corrected chi connectivity index (χ3v) is 4.97. The molecular formula is C20H20ClN3O3. The Morgan fingerprint density at radius 2 is 1.74 bits per heavy atom. The Morgan fingerprint density at radius 3 is 2.44 bits per heavy atom. The zero-order valence-corrected chi connectivity index (χ0v) is 16.0. The number of methoxy groups -OCH3 is 2. The molecule has 0 atom stereocenters. The molecule has 0 unspecified atom stereocenters. The summed E-state index contributed by atoms with van der Waals surface area (Å²) in [5, 5.41) is 9.02. The number of aromatic nitrogens is 2. The molecule has 1 aliphatic heterocycles. The number of halogens is 1. The Bertz CT molecular complexity index is 940. The van der Waals surface area contributed by atoms with Crippen molar-refractivity contribution in [2.45, 2.75) is 19.5 Å². The number of hydrogen-bond acceptors (Lipinski definition) is 6. The van der Waals surface area contributed by atoms with Gasteiger partial charge in [0.2, 0.25) is 11.8 Å². The molecule has 0 radical (unpaired) electrons. The van der Waals surface area contributed by atoms with Gasteiger partial charge in [-0.2, -0.15) is 0 Å². The van der Waals surface area contributed by atoms with Crippen LogP contribution < -0.4 is 9.47 Å². The molecule has 0 spiro atoms. The van der Waals surface area contributed by atoms with Gasteiger partial charge in [0.25, 0.3) is 0 Å². The minimum atomic E-state index is 0.505. The molecule has 1 aromatic heterocycles. The number of benzene rings is 2. The lowest BCUT2D eigenvalue weighted by Crippen LogP contribution is -2.30. The molecule has 1 aliphatic rings. The van der Waals surface area contributed by atoms with Crippen LogP contribution >= 0.6 is 11.6 Å². The monoisotopic (exact) mass is 385 g/mol. The van der Waals surface area contributed by atoms with Crippen molar-refractivity contribution in [1.82, 2.24) is 15.1 Å². The van der Waals surface area contributed by atoms with Crippen molar-refractivity contribution >= 4 is 11.6 Å². The van der Waals surface area contributed by atoms with Crippen LogP contribution in [0.5, 0.6) is 11.5 Å². The molecule has 4 rings (SSSR count). The zero-order chi connectivity index (χ0) is 18.8. The van der Waals surface area contributed by atoms with E-state index < -0.39 is 0 Å². The first-order valence-corrected chi connectivity index (χ1v) is 9.08. The molecule has 2 heterocycles. The van der Waals surface area contributed by atoms with E-state index in [2.05, 4.69) is 21.2 Å². The van der Waals surface area contributed by atoms with Crippen molar-refractivity contribution in [3.63, 3.8) is 0 Å². The highest BCUT2D eigenvalue weighted by molar-refractivity contribution is 6.30. The van der Waals surface area contributed by atoms with E-state index >= 15 is 0 Å². The van der Waals surface area contributed by atoms with Gasteiger partial charge in [-0.05, 0) is 53.9 Å². The number of hydrogen-bond donors (Lipinski definition) is 0. The normalized spacial score (nSPS) is 14.0. The van der Waals surface area contributed by atoms with Gasteiger partial charge in [-0.1, -0.05) is 11.6 Å². The molecule has 27 heavy (non-hydrogen) atoms. The summed E-state index contributed by atoms with van der Waals surface area (Å²) < 4.78 is 16.6. The predicted octanol–water partition coefficient (Wildman–Crippen LogP) is 3.97. The van der Waals surface area contributed by atoms with Gasteiger partial charge in [0.15, 0.2) is 11.5 Å². The number of rotatable bonds is 5. The van der Waals surface area contributed by atoms with E-state index in [9.17, 15) is 0 Å². The highest BCUT2D eigenvalue weighted by Crippen LogP contribution is 2.33. The highest BCUT2D eigenvalue weighted by Gasteiger charge is 2.21. The van der Waals surface area contributed by atoms with Gasteiger partial charge >= 0.3 is 0 Å². The van der Waals surface area contributed by atoms with Crippen molar-refractivity contribution in [2.24, 2.45) is 0 Å². The van der Waals surface area contributed by atoms with Gasteiger partial charge in [-0.25, -0.2) is 0 Å². The molecule has 3 aromatic rings. The quantitative estimate of drug-likeness (QED) is 0.662. The van der Waals surface area contributed by atoms with Crippen LogP contribution in [-0.4, -0.2) is 35.9 Å². The average molecular weight is 386 g/mol. The molecule has 140 valence electrons. The van der Waals surface area contributed by atoms with E-state index in [0.717, 1.165) is 36.6 Å². The molecular weight excluding hydrogens is 366 g/mol. The van der Waals surface area contributed by atoms with E-state index in [4.69, 9.17) is 25.5 Å². The molecule has 0 amide bonds. The van der Waals surface area contributed by atoms with Crippen LogP contribution in [0.25, 0.3) is 11.5 Å². The number of nitrogens with zero attached hydrogens (tertiary/aromatic N) is 3. The summed E-state index contributed by atoms with van der Waals surface area (Å²) in [5.41, 5.74) is 3.38. The summed E-state index contributed by atoms with van der Waals surface area (Å²) in [6.07, 6.45) is 0.938. The Balaban J connectivity index is 1.48. The fraction of sp³-hybridized carbons (Fsp3) is 0.300. The Hall–Kier alpha value is -2.57. The molecule has 0 N–H and O–H groups in total. The van der Waals surface area contributed by atoms with Crippen molar-refractivity contribution in [2.75, 3.05) is 20.8 Å². The van der Waals surface area contributed by atoms with Gasteiger partial charge in [-0.3, -0.25) is 4.90 Å². The molecule has 0 fully saturated rings. The second kappa shape index (κ2) is 7.58. The molecule has 7 heteroatoms. The second-order valence-electron chi connectivity index (χ2n) is 6.44. The Labute approximate surface area is 162 Å². The highest BCUT2D eigenvalue weighted by atomic mass is 35.5. The van der Waals surface area contributed by atoms with Gasteiger partial charge in [0, 0.05) is 23.7 Å². The summed E-state index contributed by atoms with van der Waals surface area (Å²) in [6, 6.07) is 11.5. The van der Waals surface area contributed by atoms with Gasteiger partial charge in [0.1, 0.15) is 0 Å². The van der Waals surface area contributed by atoms with E-state index in [-0.39, 0.29) is 0 Å². The maximum absolute atomic E-state index is 5.92. The first-order chi connectivity index (χ1) is 13.2. The van der Waals surface area contributed by atoms with Crippen LogP contribution in [0.2, 0.25) is 5.02 Å². The van der Waals surface area contributed by atoms with Crippen molar-refractivity contribution < 1.29 is 13.9 Å². The van der Waals surface area contributed by atoms with Crippen molar-refractivity contribution in [3.05, 3.63) is 58.4 Å². The number of ether oxygens (including phenoxy) is 2. The third kappa shape index (κ3) is 3.77. The molecule has 0 aliphatic carbocycles. The summed E-state index contributed by atoms with van der Waals surface area (Å²) in [6.45, 7) is 2.32. The minimum Gasteiger partial charge on any atom is -0.493 e. The van der Waals surface area contributed by atoms with Gasteiger partial charge in [0.05, 0.1) is 20.8 Å². The summed E-state index contributed by atoms with van der Waals surface area (Å²) >= 11 is 5.92. The van der Waals surface area contributed by atoms with Crippen molar-refractivity contribution in [1.29, 1.82) is 0 Å². The Kier molecular flexibility index (Phi) is 5.01. The predicted molar refractivity (Wildman–Crippen MR) is 102 cm³/mol. The summed E-state index contributed by atoms with van der Waals surface area (Å²) in [7, 11) is 3.31. The topological polar surface area (TPSA) is 60.6 Å². The first-order valence-electron chi connectivity index (χ1n) is 8.70. The lowest BCUT2D eigenvalue weighted by atomic mass is 9.99. The van der Waals surface area contributed by atoms with Gasteiger partial charge < -0.3 is 13.9 Å². The van der Waals surface area contributed by atoms with Crippen LogP contribution in [-0.2, 0) is 19.5 Å². The first kappa shape index (κ1) is 17.8. The fourth-order valence-corrected chi connectivity index (χ4v) is 3.42. The van der Waals surface area contributed by atoms with Crippen LogP contribution in [0.3, 0.4) is 0 Å². The van der Waals surface area contributed by atoms with Crippen LogP contribution in [0.1, 0.15) is 17.0 Å². The summed E-state index contributed by atoms with van der Waals surface area (Å²) in [5.74, 6) is 2.63. The lowest BCUT2D eigenvalue weighted by Gasteiger charge is -2.28. The zero-order valence-electron chi connectivity index (χ0n) is 15.2. The standard InChI is InChI=1S/C20H20ClN3O3/c1-25-17-9-14-7-8-24(11-15(14)10-18(17)26-2)12-19-22-23-20(27-19)13-3-5-16(21)6-4-13/h3-6,9-10H,7-8,11-12H2,1-2H3. The second-order valence-corrected chi connectivity index (χ2v) is 6.88. The molecule has 0 saturated carbocycles. The molecule has 6 nitrogen and oxygen atoms in total. The third-order valence-electron chi connectivity index (χ3n) is 4.71. The van der Waals surface area contributed by atoms with E-state index in [1.807, 2.05) is 30.3 Å². The maximum Gasteiger partial charge on any atom is 0.247 e. The van der Waals surface area contributed by atoms with Crippen LogP contribution in [0, 0.1) is 0 Å². The van der Waals surface area contributed by atoms with E-state index in [0.29, 0.717) is 23.3 Å². The molecule has 0 bridgehead atoms. The molecule has 2 aromatic carbocycles. The minimum absolute atomic E-state index is 0.505. The lowest BCUT2D eigenvalue weighted by molar-refractivity contribution is 0.221. The summed E-state index contributed by atoms with van der Waals surface area (Å²) in [4.78, 5) is 2.29. The average Bonchev–Trinajstić information content (AvgIpc) is 3.15. The van der Waals surface area contributed by atoms with Crippen molar-refractivity contribution in [3.8, 4) is 23.0 Å².